The summed E-state index contributed by atoms with van der Waals surface area (Å²) in [7, 11) is 0. The predicted molar refractivity (Wildman–Crippen MR) is 129 cm³/mol. The fraction of sp³-hybridized carbons (Fsp3) is 0.862. The van der Waals surface area contributed by atoms with Crippen molar-refractivity contribution in [2.45, 2.75) is 112 Å². The molecule has 3 fully saturated rings. The van der Waals surface area contributed by atoms with Crippen molar-refractivity contribution in [3.63, 3.8) is 0 Å². The zero-order valence-electron chi connectivity index (χ0n) is 21.4. The van der Waals surface area contributed by atoms with Gasteiger partial charge in [0.1, 0.15) is 6.10 Å². The van der Waals surface area contributed by atoms with Crippen LogP contribution in [0.4, 0.5) is 0 Å². The van der Waals surface area contributed by atoms with Gasteiger partial charge in [-0.1, -0.05) is 53.9 Å². The maximum Gasteiger partial charge on any atom is 0.303 e. The molecule has 0 unspecified atom stereocenters. The predicted octanol–water partition coefficient (Wildman–Crippen LogP) is 7.14. The van der Waals surface area contributed by atoms with Gasteiger partial charge in [0, 0.05) is 18.9 Å². The Labute approximate surface area is 196 Å². The van der Waals surface area contributed by atoms with Crippen LogP contribution in [-0.2, 0) is 14.3 Å². The van der Waals surface area contributed by atoms with Crippen molar-refractivity contribution in [3.8, 4) is 0 Å². The lowest BCUT2D eigenvalue weighted by Gasteiger charge is -2.58. The summed E-state index contributed by atoms with van der Waals surface area (Å²) in [6.45, 7) is 13.6. The first-order valence-electron chi connectivity index (χ1n) is 13.5. The number of allylic oxidation sites excluding steroid dienone is 1. The summed E-state index contributed by atoms with van der Waals surface area (Å²) in [5.74, 6) is 4.36. The third-order valence-corrected chi connectivity index (χ3v) is 10.4. The van der Waals surface area contributed by atoms with E-state index in [0.29, 0.717) is 35.4 Å². The van der Waals surface area contributed by atoms with E-state index < -0.39 is 0 Å². The SMILES string of the molecule is CC(=O)O[C@@H]1C=C2C(=O)C[C@@H]3[C@H]4CC[C@H]([C@H](C)CCCC(C)C)[C@@]4(C)CC[C@H]3[C@@]2(C)CC1. The van der Waals surface area contributed by atoms with E-state index in [4.69, 9.17) is 4.74 Å². The maximum atomic E-state index is 13.4. The Morgan fingerprint density at radius 3 is 2.50 bits per heavy atom. The van der Waals surface area contributed by atoms with Gasteiger partial charge in [-0.15, -0.1) is 0 Å². The monoisotopic (exact) mass is 442 g/mol. The van der Waals surface area contributed by atoms with Crippen molar-refractivity contribution in [1.82, 2.24) is 0 Å². The summed E-state index contributed by atoms with van der Waals surface area (Å²) >= 11 is 0. The number of hydrogen-bond donors (Lipinski definition) is 0. The molecule has 0 bridgehead atoms. The van der Waals surface area contributed by atoms with Crippen molar-refractivity contribution < 1.29 is 14.3 Å². The number of ketones is 1. The topological polar surface area (TPSA) is 43.4 Å². The number of carbonyl (C=O) groups excluding carboxylic acids is 2. The Hall–Kier alpha value is -1.12. The quantitative estimate of drug-likeness (QED) is 0.411. The first-order chi connectivity index (χ1) is 15.1. The summed E-state index contributed by atoms with van der Waals surface area (Å²) in [6, 6.07) is 0. The fourth-order valence-corrected chi connectivity index (χ4v) is 8.85. The summed E-state index contributed by atoms with van der Waals surface area (Å²) in [4.78, 5) is 24.9. The molecule has 0 amide bonds. The zero-order valence-corrected chi connectivity index (χ0v) is 21.4. The van der Waals surface area contributed by atoms with Crippen LogP contribution < -0.4 is 0 Å². The van der Waals surface area contributed by atoms with Gasteiger partial charge < -0.3 is 4.74 Å². The lowest BCUT2D eigenvalue weighted by atomic mass is 9.46. The van der Waals surface area contributed by atoms with Gasteiger partial charge in [0.25, 0.3) is 0 Å². The molecule has 0 aromatic carbocycles. The number of hydrogen-bond acceptors (Lipinski definition) is 3. The van der Waals surface area contributed by atoms with Crippen molar-refractivity contribution in [2.24, 2.45) is 46.3 Å². The molecule has 180 valence electrons. The molecular weight excluding hydrogens is 396 g/mol. The second kappa shape index (κ2) is 8.91. The molecule has 3 heteroatoms. The summed E-state index contributed by atoms with van der Waals surface area (Å²) < 4.78 is 5.47. The number of fused-ring (bicyclic) bond motifs is 5. The lowest BCUT2D eigenvalue weighted by Crippen LogP contribution is -2.53. The number of carbonyl (C=O) groups is 2. The Kier molecular flexibility index (Phi) is 6.69. The van der Waals surface area contributed by atoms with E-state index in [9.17, 15) is 9.59 Å². The van der Waals surface area contributed by atoms with Gasteiger partial charge in [0.05, 0.1) is 0 Å². The summed E-state index contributed by atoms with van der Waals surface area (Å²) in [6.07, 6.45) is 13.7. The van der Waals surface area contributed by atoms with Gasteiger partial charge in [-0.2, -0.15) is 0 Å². The van der Waals surface area contributed by atoms with Crippen LogP contribution in [0.2, 0.25) is 0 Å². The average molecular weight is 443 g/mol. The van der Waals surface area contributed by atoms with E-state index in [1.54, 1.807) is 0 Å². The minimum absolute atomic E-state index is 0.0288. The Bertz CT molecular complexity index is 766. The number of ether oxygens (including phenoxy) is 1. The Morgan fingerprint density at radius 2 is 1.81 bits per heavy atom. The second-order valence-corrected chi connectivity index (χ2v) is 12.7. The van der Waals surface area contributed by atoms with Gasteiger partial charge in [0.2, 0.25) is 0 Å². The molecule has 4 rings (SSSR count). The van der Waals surface area contributed by atoms with Crippen LogP contribution in [-0.4, -0.2) is 17.9 Å². The average Bonchev–Trinajstić information content (AvgIpc) is 3.06. The van der Waals surface area contributed by atoms with Crippen molar-refractivity contribution in [3.05, 3.63) is 11.6 Å². The molecule has 0 spiro atoms. The summed E-state index contributed by atoms with van der Waals surface area (Å²) in [5.41, 5.74) is 1.36. The van der Waals surface area contributed by atoms with E-state index in [1.807, 2.05) is 6.08 Å². The fourth-order valence-electron chi connectivity index (χ4n) is 8.85. The van der Waals surface area contributed by atoms with Crippen LogP contribution in [0.3, 0.4) is 0 Å². The molecule has 4 aliphatic rings. The molecule has 0 aromatic heterocycles. The van der Waals surface area contributed by atoms with Crippen LogP contribution in [0.25, 0.3) is 0 Å². The molecule has 0 saturated heterocycles. The zero-order chi connectivity index (χ0) is 23.3. The van der Waals surface area contributed by atoms with Gasteiger partial charge in [-0.25, -0.2) is 0 Å². The first kappa shape index (κ1) is 24.0. The molecular formula is C29H46O3. The van der Waals surface area contributed by atoms with Crippen LogP contribution in [0, 0.1) is 46.3 Å². The van der Waals surface area contributed by atoms with E-state index in [2.05, 4.69) is 34.6 Å². The van der Waals surface area contributed by atoms with Crippen molar-refractivity contribution in [2.75, 3.05) is 0 Å². The highest BCUT2D eigenvalue weighted by molar-refractivity contribution is 5.98. The smallest absolute Gasteiger partial charge is 0.303 e. The molecule has 4 aliphatic carbocycles. The Balaban J connectivity index is 1.52. The molecule has 8 atom stereocenters. The Morgan fingerprint density at radius 1 is 1.06 bits per heavy atom. The number of esters is 1. The van der Waals surface area contributed by atoms with Gasteiger partial charge in [0.15, 0.2) is 5.78 Å². The summed E-state index contributed by atoms with van der Waals surface area (Å²) in [5, 5.41) is 0. The largest absolute Gasteiger partial charge is 0.458 e. The minimum Gasteiger partial charge on any atom is -0.458 e. The molecule has 3 nitrogen and oxygen atoms in total. The van der Waals surface area contributed by atoms with Crippen LogP contribution in [0.1, 0.15) is 106 Å². The molecule has 0 N–H and O–H groups in total. The molecule has 3 saturated carbocycles. The second-order valence-electron chi connectivity index (χ2n) is 12.7. The standard InChI is InChI=1S/C29H46O3/c1-18(2)8-7-9-19(3)23-10-11-24-22-17-27(31)26-16-21(32-20(4)30)12-14-29(26,6)25(22)13-15-28(23,24)5/h16,18-19,21-25H,7-15,17H2,1-6H3/t19-,21+,22-,23-,24-,25-,28-,29-/m1/s1. The third-order valence-electron chi connectivity index (χ3n) is 10.4. The number of Topliss-reactive ketones (excluding diaryl/α,β-unsaturated/α-hetero) is 1. The van der Waals surface area contributed by atoms with Crippen molar-refractivity contribution in [1.29, 1.82) is 0 Å². The molecule has 0 aliphatic heterocycles. The van der Waals surface area contributed by atoms with Crippen LogP contribution in [0.5, 0.6) is 0 Å². The van der Waals surface area contributed by atoms with E-state index in [1.165, 1.54) is 51.9 Å². The molecule has 32 heavy (non-hydrogen) atoms. The van der Waals surface area contributed by atoms with Crippen LogP contribution >= 0.6 is 0 Å². The van der Waals surface area contributed by atoms with Gasteiger partial charge >= 0.3 is 5.97 Å². The van der Waals surface area contributed by atoms with Crippen LogP contribution in [0.15, 0.2) is 11.6 Å². The third kappa shape index (κ3) is 4.11. The normalized spacial score (nSPS) is 42.0. The number of rotatable bonds is 6. The molecule has 0 aromatic rings. The molecule has 0 radical (unpaired) electrons. The van der Waals surface area contributed by atoms with E-state index in [-0.39, 0.29) is 17.5 Å². The van der Waals surface area contributed by atoms with E-state index >= 15 is 0 Å². The minimum atomic E-state index is -0.246. The molecule has 0 heterocycles. The van der Waals surface area contributed by atoms with Crippen molar-refractivity contribution >= 4 is 11.8 Å². The highest BCUT2D eigenvalue weighted by Crippen LogP contribution is 2.67. The lowest BCUT2D eigenvalue weighted by molar-refractivity contribution is -0.146. The van der Waals surface area contributed by atoms with E-state index in [0.717, 1.165) is 36.2 Å². The van der Waals surface area contributed by atoms with Gasteiger partial charge in [-0.3, -0.25) is 9.59 Å². The first-order valence-corrected chi connectivity index (χ1v) is 13.5. The highest BCUT2D eigenvalue weighted by atomic mass is 16.5. The highest BCUT2D eigenvalue weighted by Gasteiger charge is 2.61. The maximum absolute atomic E-state index is 13.4. The van der Waals surface area contributed by atoms with Gasteiger partial charge in [-0.05, 0) is 90.9 Å².